The van der Waals surface area contributed by atoms with E-state index in [0.29, 0.717) is 5.52 Å². The molecule has 0 atom stereocenters. The van der Waals surface area contributed by atoms with Gasteiger partial charge in [0.15, 0.2) is 0 Å². The first-order chi connectivity index (χ1) is 8.00. The Morgan fingerprint density at radius 1 is 1.18 bits per heavy atom. The lowest BCUT2D eigenvalue weighted by Gasteiger charge is -2.00. The maximum Gasteiger partial charge on any atom is 0.306 e. The molecule has 0 aliphatic carbocycles. The second-order valence-corrected chi connectivity index (χ2v) is 3.55. The van der Waals surface area contributed by atoms with Crippen molar-refractivity contribution in [3.63, 3.8) is 0 Å². The third-order valence-electron chi connectivity index (χ3n) is 2.17. The van der Waals surface area contributed by atoms with Crippen molar-refractivity contribution in [2.24, 2.45) is 0 Å². The van der Waals surface area contributed by atoms with E-state index in [1.807, 2.05) is 0 Å². The normalized spacial score (nSPS) is 10.4. The number of halogens is 1. The molecule has 0 radical (unpaired) electrons. The fourth-order valence-electron chi connectivity index (χ4n) is 1.38. The van der Waals surface area contributed by atoms with Gasteiger partial charge >= 0.3 is 5.69 Å². The zero-order chi connectivity index (χ0) is 12.6. The Hall–Kier alpha value is -2.28. The van der Waals surface area contributed by atoms with Gasteiger partial charge in [0.05, 0.1) is 15.4 Å². The maximum atomic E-state index is 10.6. The fraction of sp³-hybridized carbons (Fsp3) is 0. The third kappa shape index (κ3) is 1.87. The molecule has 17 heavy (non-hydrogen) atoms. The molecule has 2 rings (SSSR count). The monoisotopic (exact) mass is 253 g/mol. The average molecular weight is 254 g/mol. The number of rotatable bonds is 2. The van der Waals surface area contributed by atoms with Gasteiger partial charge in [-0.05, 0) is 6.07 Å². The minimum Gasteiger partial charge on any atom is -0.258 e. The van der Waals surface area contributed by atoms with Gasteiger partial charge in [-0.15, -0.1) is 0 Å². The van der Waals surface area contributed by atoms with Crippen molar-refractivity contribution >= 4 is 33.9 Å². The molecule has 0 unspecified atom stereocenters. The third-order valence-corrected chi connectivity index (χ3v) is 2.57. The van der Waals surface area contributed by atoms with E-state index in [1.54, 1.807) is 0 Å². The molecule has 1 heterocycles. The summed E-state index contributed by atoms with van der Waals surface area (Å²) in [5.41, 5.74) is -0.201. The van der Waals surface area contributed by atoms with Gasteiger partial charge in [-0.1, -0.05) is 11.6 Å². The largest absolute Gasteiger partial charge is 0.306 e. The van der Waals surface area contributed by atoms with Crippen LogP contribution in [-0.2, 0) is 0 Å². The summed E-state index contributed by atoms with van der Waals surface area (Å²) in [7, 11) is 0. The van der Waals surface area contributed by atoms with Crippen LogP contribution in [0.2, 0.25) is 5.02 Å². The van der Waals surface area contributed by atoms with Crippen LogP contribution in [0.1, 0.15) is 0 Å². The van der Waals surface area contributed by atoms with Crippen LogP contribution in [0.15, 0.2) is 24.4 Å². The van der Waals surface area contributed by atoms with Gasteiger partial charge < -0.3 is 0 Å². The first-order valence-corrected chi connectivity index (χ1v) is 4.75. The Labute approximate surface area is 98.9 Å². The summed E-state index contributed by atoms with van der Waals surface area (Å²) in [6, 6.07) is 3.82. The van der Waals surface area contributed by atoms with Gasteiger partial charge in [-0.2, -0.15) is 0 Å². The number of fused-ring (bicyclic) bond motifs is 1. The number of hydrogen-bond acceptors (Lipinski definition) is 5. The van der Waals surface area contributed by atoms with Gasteiger partial charge in [0, 0.05) is 17.5 Å². The number of pyridine rings is 1. The Kier molecular flexibility index (Phi) is 2.60. The molecule has 0 N–H and O–H groups in total. The Bertz CT molecular complexity index is 638. The van der Waals surface area contributed by atoms with E-state index in [-0.39, 0.29) is 21.8 Å². The van der Waals surface area contributed by atoms with Gasteiger partial charge in [0.2, 0.25) is 0 Å². The Morgan fingerprint density at radius 2 is 1.88 bits per heavy atom. The molecule has 86 valence electrons. The van der Waals surface area contributed by atoms with Crippen LogP contribution in [0, 0.1) is 20.2 Å². The molecule has 0 amide bonds. The SMILES string of the molecule is O=[N+]([O-])c1ccc2ncc([N+](=O)[O-])c(Cl)c2c1. The predicted octanol–water partition coefficient (Wildman–Crippen LogP) is 2.70. The number of non-ortho nitro benzene ring substituents is 1. The highest BCUT2D eigenvalue weighted by atomic mass is 35.5. The van der Waals surface area contributed by atoms with Crippen molar-refractivity contribution in [1.29, 1.82) is 0 Å². The zero-order valence-electron chi connectivity index (χ0n) is 8.16. The molecule has 1 aromatic carbocycles. The lowest BCUT2D eigenvalue weighted by Crippen LogP contribution is -1.93. The molecular weight excluding hydrogens is 250 g/mol. The van der Waals surface area contributed by atoms with E-state index in [0.717, 1.165) is 12.3 Å². The molecule has 0 aliphatic heterocycles. The number of nitrogens with zero attached hydrogens (tertiary/aromatic N) is 3. The lowest BCUT2D eigenvalue weighted by atomic mass is 10.2. The standard InChI is InChI=1S/C9H4ClN3O4/c10-9-6-3-5(12(14)15)1-2-7(6)11-4-8(9)13(16)17/h1-4H. The van der Waals surface area contributed by atoms with Crippen molar-refractivity contribution in [2.75, 3.05) is 0 Å². The molecule has 0 aliphatic rings. The number of benzene rings is 1. The van der Waals surface area contributed by atoms with Crippen molar-refractivity contribution in [1.82, 2.24) is 4.98 Å². The molecule has 0 saturated carbocycles. The van der Waals surface area contributed by atoms with Crippen LogP contribution in [0.5, 0.6) is 0 Å². The van der Waals surface area contributed by atoms with E-state index in [1.165, 1.54) is 12.1 Å². The minimum absolute atomic E-state index is 0.149. The number of hydrogen-bond donors (Lipinski definition) is 0. The van der Waals surface area contributed by atoms with Crippen LogP contribution in [0.4, 0.5) is 11.4 Å². The Morgan fingerprint density at radius 3 is 2.47 bits per heavy atom. The van der Waals surface area contributed by atoms with Crippen molar-refractivity contribution in [2.45, 2.75) is 0 Å². The van der Waals surface area contributed by atoms with Crippen LogP contribution in [0.25, 0.3) is 10.9 Å². The smallest absolute Gasteiger partial charge is 0.258 e. The van der Waals surface area contributed by atoms with E-state index in [9.17, 15) is 20.2 Å². The van der Waals surface area contributed by atoms with Gasteiger partial charge in [-0.25, -0.2) is 4.98 Å². The van der Waals surface area contributed by atoms with Crippen molar-refractivity contribution in [3.8, 4) is 0 Å². The van der Waals surface area contributed by atoms with Crippen LogP contribution >= 0.6 is 11.6 Å². The molecular formula is C9H4ClN3O4. The summed E-state index contributed by atoms with van der Waals surface area (Å²) >= 11 is 5.81. The molecule has 2 aromatic rings. The summed E-state index contributed by atoms with van der Waals surface area (Å²) in [6.45, 7) is 0. The summed E-state index contributed by atoms with van der Waals surface area (Å²) in [4.78, 5) is 23.7. The highest BCUT2D eigenvalue weighted by Gasteiger charge is 2.18. The van der Waals surface area contributed by atoms with E-state index >= 15 is 0 Å². The fourth-order valence-corrected chi connectivity index (χ4v) is 1.65. The molecule has 0 saturated heterocycles. The van der Waals surface area contributed by atoms with Crippen LogP contribution in [-0.4, -0.2) is 14.8 Å². The van der Waals surface area contributed by atoms with E-state index in [2.05, 4.69) is 4.98 Å². The number of aromatic nitrogens is 1. The highest BCUT2D eigenvalue weighted by Crippen LogP contribution is 2.32. The van der Waals surface area contributed by atoms with Crippen molar-refractivity contribution in [3.05, 3.63) is 49.6 Å². The molecule has 0 spiro atoms. The number of nitro groups is 2. The maximum absolute atomic E-state index is 10.6. The second kappa shape index (κ2) is 3.95. The van der Waals surface area contributed by atoms with Gasteiger partial charge in [0.25, 0.3) is 5.69 Å². The average Bonchev–Trinajstić information content (AvgIpc) is 2.28. The predicted molar refractivity (Wildman–Crippen MR) is 60.1 cm³/mol. The van der Waals surface area contributed by atoms with Gasteiger partial charge in [-0.3, -0.25) is 20.2 Å². The van der Waals surface area contributed by atoms with Crippen LogP contribution in [0.3, 0.4) is 0 Å². The first-order valence-electron chi connectivity index (χ1n) is 4.38. The Balaban J connectivity index is 2.78. The molecule has 0 bridgehead atoms. The summed E-state index contributed by atoms with van der Waals surface area (Å²) < 4.78 is 0. The lowest BCUT2D eigenvalue weighted by molar-refractivity contribution is -0.385. The van der Waals surface area contributed by atoms with Crippen LogP contribution < -0.4 is 0 Å². The molecule has 0 fully saturated rings. The summed E-state index contributed by atoms with van der Waals surface area (Å²) in [5.74, 6) is 0. The summed E-state index contributed by atoms with van der Waals surface area (Å²) in [6.07, 6.45) is 1.02. The van der Waals surface area contributed by atoms with Crippen molar-refractivity contribution < 1.29 is 9.85 Å². The summed E-state index contributed by atoms with van der Waals surface area (Å²) in [5, 5.41) is 21.3. The second-order valence-electron chi connectivity index (χ2n) is 3.17. The van der Waals surface area contributed by atoms with Gasteiger partial charge in [0.1, 0.15) is 11.2 Å². The molecule has 7 nitrogen and oxygen atoms in total. The quantitative estimate of drug-likeness (QED) is 0.605. The minimum atomic E-state index is -0.687. The van der Waals surface area contributed by atoms with E-state index in [4.69, 9.17) is 11.6 Å². The van der Waals surface area contributed by atoms with E-state index < -0.39 is 9.85 Å². The first kappa shape index (κ1) is 11.2. The molecule has 8 heteroatoms. The highest BCUT2D eigenvalue weighted by molar-refractivity contribution is 6.37. The number of nitro benzene ring substituents is 1. The zero-order valence-corrected chi connectivity index (χ0v) is 8.92. The molecule has 1 aromatic heterocycles. The topological polar surface area (TPSA) is 99.2 Å².